The van der Waals surface area contributed by atoms with Crippen LogP contribution in [0, 0.1) is 39.8 Å². The molecule has 0 aliphatic carbocycles. The van der Waals surface area contributed by atoms with E-state index in [4.69, 9.17) is 15.8 Å². The van der Waals surface area contributed by atoms with Crippen molar-refractivity contribution in [2.24, 2.45) is 0 Å². The Morgan fingerprint density at radius 2 is 1.69 bits per heavy atom. The Morgan fingerprint density at radius 1 is 1.06 bits per heavy atom. The summed E-state index contributed by atoms with van der Waals surface area (Å²) < 4.78 is 13.2. The van der Waals surface area contributed by atoms with E-state index < -0.39 is 5.82 Å². The van der Waals surface area contributed by atoms with Crippen molar-refractivity contribution in [3.8, 4) is 18.2 Å². The normalized spacial score (nSPS) is 8.12. The molecule has 16 heavy (non-hydrogen) atoms. The molecule has 0 aromatic heterocycles. The molecule has 0 radical (unpaired) electrons. The molecule has 0 spiro atoms. The van der Waals surface area contributed by atoms with Crippen molar-refractivity contribution in [1.82, 2.24) is 0 Å². The molecule has 1 aromatic rings. The molecule has 0 unspecified atom stereocenters. The van der Waals surface area contributed by atoms with E-state index in [9.17, 15) is 4.39 Å². The van der Waals surface area contributed by atoms with Gasteiger partial charge in [-0.15, -0.1) is 0 Å². The molecule has 5 heteroatoms. The summed E-state index contributed by atoms with van der Waals surface area (Å²) in [4.78, 5) is 0. The number of allylic oxidation sites excluding steroid dienone is 2. The van der Waals surface area contributed by atoms with Gasteiger partial charge in [0, 0.05) is 0 Å². The van der Waals surface area contributed by atoms with Crippen molar-refractivity contribution < 1.29 is 4.39 Å². The van der Waals surface area contributed by atoms with Gasteiger partial charge in [0.15, 0.2) is 5.57 Å². The second-order valence-electron chi connectivity index (χ2n) is 2.69. The summed E-state index contributed by atoms with van der Waals surface area (Å²) in [6.07, 6.45) is 0. The number of hydrogen-bond acceptors (Lipinski definition) is 4. The number of nitrogens with one attached hydrogen (secondary N) is 1. The fourth-order valence-corrected chi connectivity index (χ4v) is 0.980. The molecule has 0 aliphatic rings. The van der Waals surface area contributed by atoms with Crippen LogP contribution in [0.15, 0.2) is 35.5 Å². The van der Waals surface area contributed by atoms with E-state index >= 15 is 0 Å². The molecule has 0 saturated heterocycles. The summed E-state index contributed by atoms with van der Waals surface area (Å²) in [6, 6.07) is 10.4. The van der Waals surface area contributed by atoms with Crippen molar-refractivity contribution in [1.29, 1.82) is 15.8 Å². The molecule has 0 amide bonds. The third-order valence-corrected chi connectivity index (χ3v) is 1.72. The first-order valence-electron chi connectivity index (χ1n) is 4.19. The Kier molecular flexibility index (Phi) is 3.61. The second kappa shape index (κ2) is 5.14. The van der Waals surface area contributed by atoms with Crippen molar-refractivity contribution in [3.05, 3.63) is 41.4 Å². The van der Waals surface area contributed by atoms with E-state index in [1.807, 2.05) is 0 Å². The van der Waals surface area contributed by atoms with E-state index in [0.29, 0.717) is 0 Å². The third kappa shape index (κ3) is 2.35. The highest BCUT2D eigenvalue weighted by atomic mass is 19.1. The predicted octanol–water partition coefficient (Wildman–Crippen LogP) is 2.06. The highest BCUT2D eigenvalue weighted by Gasteiger charge is 2.08. The minimum atomic E-state index is -0.564. The minimum absolute atomic E-state index is 0.0436. The highest BCUT2D eigenvalue weighted by molar-refractivity contribution is 5.58. The van der Waals surface area contributed by atoms with Crippen LogP contribution in [0.5, 0.6) is 0 Å². The van der Waals surface area contributed by atoms with Crippen LogP contribution in [-0.4, -0.2) is 0 Å². The van der Waals surface area contributed by atoms with E-state index in [-0.39, 0.29) is 17.0 Å². The summed E-state index contributed by atoms with van der Waals surface area (Å²) in [6.45, 7) is 0. The standard InChI is InChI=1S/C11H5FN4/c12-9-3-1-2-4-10(9)16-11(7-15)8(5-13)6-14/h1-4,16H. The SMILES string of the molecule is N#CC(C#N)=C(C#N)Nc1ccccc1F. The third-order valence-electron chi connectivity index (χ3n) is 1.72. The Hall–Kier alpha value is -2.84. The van der Waals surface area contributed by atoms with Crippen LogP contribution < -0.4 is 5.32 Å². The number of halogens is 1. The quantitative estimate of drug-likeness (QED) is 0.760. The largest absolute Gasteiger partial charge is 0.343 e. The average Bonchev–Trinajstić information content (AvgIpc) is 2.31. The van der Waals surface area contributed by atoms with Gasteiger partial charge in [0.2, 0.25) is 0 Å². The van der Waals surface area contributed by atoms with Gasteiger partial charge in [-0.3, -0.25) is 0 Å². The summed E-state index contributed by atoms with van der Waals surface area (Å²) in [5.41, 5.74) is -0.608. The summed E-state index contributed by atoms with van der Waals surface area (Å²) in [7, 11) is 0. The molecule has 0 heterocycles. The number of para-hydroxylation sites is 1. The maximum Gasteiger partial charge on any atom is 0.163 e. The average molecular weight is 212 g/mol. The maximum absolute atomic E-state index is 13.2. The topological polar surface area (TPSA) is 83.4 Å². The predicted molar refractivity (Wildman–Crippen MR) is 53.9 cm³/mol. The molecule has 1 aromatic carbocycles. The fraction of sp³-hybridized carbons (Fsp3) is 0. The molecule has 0 saturated carbocycles. The molecular weight excluding hydrogens is 207 g/mol. The van der Waals surface area contributed by atoms with Crippen LogP contribution in [0.2, 0.25) is 0 Å². The lowest BCUT2D eigenvalue weighted by atomic mass is 10.2. The first kappa shape index (κ1) is 11.2. The Bertz CT molecular complexity index is 539. The second-order valence-corrected chi connectivity index (χ2v) is 2.69. The maximum atomic E-state index is 13.2. The van der Waals surface area contributed by atoms with Crippen LogP contribution in [0.3, 0.4) is 0 Å². The van der Waals surface area contributed by atoms with Gasteiger partial charge in [0.1, 0.15) is 29.7 Å². The van der Waals surface area contributed by atoms with Gasteiger partial charge in [-0.05, 0) is 12.1 Å². The van der Waals surface area contributed by atoms with Crippen LogP contribution in [0.4, 0.5) is 10.1 Å². The minimum Gasteiger partial charge on any atom is -0.343 e. The van der Waals surface area contributed by atoms with Gasteiger partial charge >= 0.3 is 0 Å². The molecule has 76 valence electrons. The number of nitrogens with zero attached hydrogens (tertiary/aromatic N) is 3. The van der Waals surface area contributed by atoms with Gasteiger partial charge in [-0.1, -0.05) is 12.1 Å². The molecule has 0 atom stereocenters. The Balaban J connectivity index is 3.13. The van der Waals surface area contributed by atoms with Crippen molar-refractivity contribution >= 4 is 5.69 Å². The molecule has 4 nitrogen and oxygen atoms in total. The van der Waals surface area contributed by atoms with Crippen molar-refractivity contribution in [3.63, 3.8) is 0 Å². The number of nitriles is 3. The van der Waals surface area contributed by atoms with E-state index in [2.05, 4.69) is 5.32 Å². The van der Waals surface area contributed by atoms with E-state index in [1.165, 1.54) is 18.2 Å². The van der Waals surface area contributed by atoms with Gasteiger partial charge in [0.25, 0.3) is 0 Å². The molecule has 0 fully saturated rings. The molecule has 1 rings (SSSR count). The summed E-state index contributed by atoms with van der Waals surface area (Å²) in [5.74, 6) is -0.564. The first-order chi connectivity index (χ1) is 7.72. The van der Waals surface area contributed by atoms with Gasteiger partial charge in [0.05, 0.1) is 5.69 Å². The van der Waals surface area contributed by atoms with E-state index in [1.54, 1.807) is 24.3 Å². The van der Waals surface area contributed by atoms with Crippen molar-refractivity contribution in [2.45, 2.75) is 0 Å². The molecule has 0 bridgehead atoms. The zero-order chi connectivity index (χ0) is 12.0. The summed E-state index contributed by atoms with van der Waals surface area (Å²) in [5, 5.41) is 28.2. The van der Waals surface area contributed by atoms with Crippen molar-refractivity contribution in [2.75, 3.05) is 5.32 Å². The monoisotopic (exact) mass is 212 g/mol. The lowest BCUT2D eigenvalue weighted by molar-refractivity contribution is 0.631. The van der Waals surface area contributed by atoms with Gasteiger partial charge in [-0.25, -0.2) is 4.39 Å². The lowest BCUT2D eigenvalue weighted by Crippen LogP contribution is -2.02. The zero-order valence-electron chi connectivity index (χ0n) is 8.03. The Labute approximate surface area is 91.5 Å². The zero-order valence-corrected chi connectivity index (χ0v) is 8.03. The smallest absolute Gasteiger partial charge is 0.163 e. The van der Waals surface area contributed by atoms with Crippen LogP contribution >= 0.6 is 0 Å². The first-order valence-corrected chi connectivity index (χ1v) is 4.19. The summed E-state index contributed by atoms with van der Waals surface area (Å²) >= 11 is 0. The van der Waals surface area contributed by atoms with Crippen LogP contribution in [0.1, 0.15) is 0 Å². The lowest BCUT2D eigenvalue weighted by Gasteiger charge is -2.04. The molecule has 1 N–H and O–H groups in total. The van der Waals surface area contributed by atoms with Gasteiger partial charge < -0.3 is 5.32 Å². The molecular formula is C11H5FN4. The van der Waals surface area contributed by atoms with Crippen LogP contribution in [-0.2, 0) is 0 Å². The van der Waals surface area contributed by atoms with Gasteiger partial charge in [-0.2, -0.15) is 15.8 Å². The van der Waals surface area contributed by atoms with E-state index in [0.717, 1.165) is 0 Å². The number of rotatable bonds is 2. The molecule has 0 aliphatic heterocycles. The highest BCUT2D eigenvalue weighted by Crippen LogP contribution is 2.15. The fourth-order valence-electron chi connectivity index (χ4n) is 0.980. The Morgan fingerprint density at radius 3 is 2.19 bits per heavy atom. The number of anilines is 1. The number of hydrogen-bond donors (Lipinski definition) is 1. The van der Waals surface area contributed by atoms with Crippen LogP contribution in [0.25, 0.3) is 0 Å². The number of benzene rings is 1.